The van der Waals surface area contributed by atoms with E-state index < -0.39 is 0 Å². The van der Waals surface area contributed by atoms with Gasteiger partial charge in [-0.3, -0.25) is 4.90 Å². The number of unbranched alkanes of at least 4 members (excludes halogenated alkanes) is 3. The summed E-state index contributed by atoms with van der Waals surface area (Å²) in [6.07, 6.45) is 14.4. The first-order valence-corrected chi connectivity index (χ1v) is 8.86. The molecule has 19 heavy (non-hydrogen) atoms. The number of hydrogen-bond acceptors (Lipinski definition) is 2. The molecule has 2 heteroatoms. The molecule has 1 saturated heterocycles. The fourth-order valence-electron chi connectivity index (χ4n) is 4.03. The number of hydrogen-bond donors (Lipinski definition) is 1. The molecule has 0 bridgehead atoms. The van der Waals surface area contributed by atoms with Crippen molar-refractivity contribution in [3.8, 4) is 0 Å². The van der Waals surface area contributed by atoms with Gasteiger partial charge >= 0.3 is 0 Å². The van der Waals surface area contributed by atoms with Crippen LogP contribution in [-0.2, 0) is 0 Å². The summed E-state index contributed by atoms with van der Waals surface area (Å²) in [4.78, 5) is 2.80. The predicted molar refractivity (Wildman–Crippen MR) is 83.6 cm³/mol. The van der Waals surface area contributed by atoms with E-state index in [4.69, 9.17) is 0 Å². The first-order valence-electron chi connectivity index (χ1n) is 8.86. The van der Waals surface area contributed by atoms with Gasteiger partial charge in [0.05, 0.1) is 0 Å². The van der Waals surface area contributed by atoms with E-state index in [0.29, 0.717) is 0 Å². The Morgan fingerprint density at radius 3 is 2.68 bits per heavy atom. The van der Waals surface area contributed by atoms with Crippen molar-refractivity contribution in [3.05, 3.63) is 0 Å². The Balaban J connectivity index is 1.56. The Morgan fingerprint density at radius 2 is 1.79 bits per heavy atom. The van der Waals surface area contributed by atoms with Crippen LogP contribution in [-0.4, -0.2) is 37.1 Å². The van der Waals surface area contributed by atoms with E-state index in [0.717, 1.165) is 12.0 Å². The second-order valence-electron chi connectivity index (χ2n) is 6.60. The summed E-state index contributed by atoms with van der Waals surface area (Å²) in [6.45, 7) is 7.36. The third kappa shape index (κ3) is 5.07. The molecule has 2 atom stereocenters. The fourth-order valence-corrected chi connectivity index (χ4v) is 4.03. The number of fused-ring (bicyclic) bond motifs is 1. The lowest BCUT2D eigenvalue weighted by atomic mass is 9.78. The van der Waals surface area contributed by atoms with E-state index >= 15 is 0 Å². The highest BCUT2D eigenvalue weighted by Gasteiger charge is 2.32. The van der Waals surface area contributed by atoms with Crippen LogP contribution < -0.4 is 5.32 Å². The number of piperidine rings is 1. The lowest BCUT2D eigenvalue weighted by Gasteiger charge is -2.44. The number of nitrogens with one attached hydrogen (secondary N) is 1. The van der Waals surface area contributed by atoms with Gasteiger partial charge in [-0.1, -0.05) is 39.0 Å². The van der Waals surface area contributed by atoms with Crippen LogP contribution in [0, 0.1) is 5.92 Å². The zero-order chi connectivity index (χ0) is 13.3. The summed E-state index contributed by atoms with van der Waals surface area (Å²) in [5.41, 5.74) is 0. The second kappa shape index (κ2) is 8.97. The number of rotatable bonds is 8. The minimum Gasteiger partial charge on any atom is -0.315 e. The SMILES string of the molecule is CCCCCCNCCN1CCCC2CCCCC21. The summed E-state index contributed by atoms with van der Waals surface area (Å²) in [6, 6.07) is 0.935. The molecule has 0 amide bonds. The van der Waals surface area contributed by atoms with Gasteiger partial charge in [-0.2, -0.15) is 0 Å². The smallest absolute Gasteiger partial charge is 0.0124 e. The summed E-state index contributed by atoms with van der Waals surface area (Å²) < 4.78 is 0. The van der Waals surface area contributed by atoms with Crippen LogP contribution in [0.1, 0.15) is 71.1 Å². The van der Waals surface area contributed by atoms with Crippen molar-refractivity contribution in [2.75, 3.05) is 26.2 Å². The standard InChI is InChI=1S/C17H34N2/c1-2-3-4-7-12-18-13-15-19-14-8-10-16-9-5-6-11-17(16)19/h16-18H,2-15H2,1H3. The van der Waals surface area contributed by atoms with Crippen molar-refractivity contribution in [2.24, 2.45) is 5.92 Å². The number of nitrogens with zero attached hydrogens (tertiary/aromatic N) is 1. The Labute approximate surface area is 120 Å². The minimum absolute atomic E-state index is 0.935. The van der Waals surface area contributed by atoms with E-state index in [1.165, 1.54) is 90.4 Å². The lowest BCUT2D eigenvalue weighted by Crippen LogP contribution is -2.48. The molecule has 2 nitrogen and oxygen atoms in total. The van der Waals surface area contributed by atoms with Gasteiger partial charge in [-0.15, -0.1) is 0 Å². The fraction of sp³-hybridized carbons (Fsp3) is 1.00. The van der Waals surface area contributed by atoms with Crippen molar-refractivity contribution in [1.29, 1.82) is 0 Å². The highest BCUT2D eigenvalue weighted by Crippen LogP contribution is 2.34. The predicted octanol–water partition coefficient (Wildman–Crippen LogP) is 3.81. The Bertz CT molecular complexity index is 227. The molecule has 0 aromatic rings. The highest BCUT2D eigenvalue weighted by molar-refractivity contribution is 4.87. The van der Waals surface area contributed by atoms with E-state index in [1.54, 1.807) is 0 Å². The molecule has 1 saturated carbocycles. The monoisotopic (exact) mass is 266 g/mol. The normalized spacial score (nSPS) is 28.3. The quantitative estimate of drug-likeness (QED) is 0.672. The summed E-state index contributed by atoms with van der Waals surface area (Å²) in [5.74, 6) is 1.03. The Morgan fingerprint density at radius 1 is 0.947 bits per heavy atom. The van der Waals surface area contributed by atoms with Crippen LogP contribution in [0.4, 0.5) is 0 Å². The molecule has 2 unspecified atom stereocenters. The Hall–Kier alpha value is -0.0800. The topological polar surface area (TPSA) is 15.3 Å². The maximum absolute atomic E-state index is 3.65. The molecular weight excluding hydrogens is 232 g/mol. The molecule has 2 aliphatic rings. The summed E-state index contributed by atoms with van der Waals surface area (Å²) >= 11 is 0. The van der Waals surface area contributed by atoms with Gasteiger partial charge < -0.3 is 5.32 Å². The van der Waals surface area contributed by atoms with Crippen molar-refractivity contribution in [1.82, 2.24) is 10.2 Å². The van der Waals surface area contributed by atoms with Gasteiger partial charge in [0.15, 0.2) is 0 Å². The molecule has 112 valence electrons. The van der Waals surface area contributed by atoms with Gasteiger partial charge in [0, 0.05) is 19.1 Å². The van der Waals surface area contributed by atoms with Gasteiger partial charge in [0.2, 0.25) is 0 Å². The van der Waals surface area contributed by atoms with Crippen LogP contribution in [0.3, 0.4) is 0 Å². The molecule has 0 aromatic carbocycles. The summed E-state index contributed by atoms with van der Waals surface area (Å²) in [5, 5.41) is 3.65. The molecule has 1 N–H and O–H groups in total. The summed E-state index contributed by atoms with van der Waals surface area (Å²) in [7, 11) is 0. The molecule has 1 aliphatic carbocycles. The molecule has 2 fully saturated rings. The van der Waals surface area contributed by atoms with Crippen molar-refractivity contribution >= 4 is 0 Å². The average molecular weight is 266 g/mol. The lowest BCUT2D eigenvalue weighted by molar-refractivity contribution is 0.0619. The van der Waals surface area contributed by atoms with Crippen LogP contribution in [0.5, 0.6) is 0 Å². The van der Waals surface area contributed by atoms with E-state index in [-0.39, 0.29) is 0 Å². The first-order chi connectivity index (χ1) is 9.42. The van der Waals surface area contributed by atoms with Crippen LogP contribution in [0.15, 0.2) is 0 Å². The van der Waals surface area contributed by atoms with Crippen molar-refractivity contribution in [3.63, 3.8) is 0 Å². The van der Waals surface area contributed by atoms with Crippen molar-refractivity contribution < 1.29 is 0 Å². The Kier molecular flexibility index (Phi) is 7.23. The molecular formula is C17H34N2. The third-order valence-corrected chi connectivity index (χ3v) is 5.14. The molecule has 1 aliphatic heterocycles. The zero-order valence-corrected chi connectivity index (χ0v) is 13.0. The third-order valence-electron chi connectivity index (χ3n) is 5.14. The molecule has 0 aromatic heterocycles. The van der Waals surface area contributed by atoms with Crippen LogP contribution in [0.25, 0.3) is 0 Å². The van der Waals surface area contributed by atoms with E-state index in [1.807, 2.05) is 0 Å². The van der Waals surface area contributed by atoms with Gasteiger partial charge in [-0.25, -0.2) is 0 Å². The van der Waals surface area contributed by atoms with Crippen molar-refractivity contribution in [2.45, 2.75) is 77.2 Å². The average Bonchev–Trinajstić information content (AvgIpc) is 2.46. The molecule has 1 heterocycles. The maximum atomic E-state index is 3.65. The number of likely N-dealkylation sites (tertiary alicyclic amines) is 1. The molecule has 0 radical (unpaired) electrons. The van der Waals surface area contributed by atoms with Crippen LogP contribution >= 0.6 is 0 Å². The molecule has 0 spiro atoms. The minimum atomic E-state index is 0.935. The van der Waals surface area contributed by atoms with Gasteiger partial charge in [-0.05, 0) is 51.1 Å². The van der Waals surface area contributed by atoms with E-state index in [9.17, 15) is 0 Å². The largest absolute Gasteiger partial charge is 0.315 e. The highest BCUT2D eigenvalue weighted by atomic mass is 15.2. The van der Waals surface area contributed by atoms with Gasteiger partial charge in [0.25, 0.3) is 0 Å². The van der Waals surface area contributed by atoms with Gasteiger partial charge in [0.1, 0.15) is 0 Å². The zero-order valence-electron chi connectivity index (χ0n) is 13.0. The maximum Gasteiger partial charge on any atom is 0.0124 e. The van der Waals surface area contributed by atoms with E-state index in [2.05, 4.69) is 17.1 Å². The molecule has 2 rings (SSSR count). The second-order valence-corrected chi connectivity index (χ2v) is 6.60. The first kappa shape index (κ1) is 15.3. The van der Waals surface area contributed by atoms with Crippen LogP contribution in [0.2, 0.25) is 0 Å².